The number of aliphatic hydroxyl groups is 1. The molecule has 0 saturated carbocycles. The number of rotatable bonds is 6. The summed E-state index contributed by atoms with van der Waals surface area (Å²) in [7, 11) is 1.50. The van der Waals surface area contributed by atoms with E-state index in [0.717, 1.165) is 5.56 Å². The number of nitrogens with zero attached hydrogens (tertiary/aromatic N) is 1. The summed E-state index contributed by atoms with van der Waals surface area (Å²) in [5.74, 6) is -2.36. The lowest BCUT2D eigenvalue weighted by Crippen LogP contribution is -2.29. The Hall–Kier alpha value is -4.39. The smallest absolute Gasteiger partial charge is 0.335 e. The topological polar surface area (TPSA) is 104 Å². The minimum atomic E-state index is -1.05. The molecule has 1 saturated heterocycles. The van der Waals surface area contributed by atoms with Gasteiger partial charge in [0.05, 0.1) is 24.3 Å². The van der Waals surface area contributed by atoms with Crippen LogP contribution in [0.4, 0.5) is 0 Å². The number of benzene rings is 3. The maximum atomic E-state index is 13.3. The highest BCUT2D eigenvalue weighted by molar-refractivity contribution is 6.46. The van der Waals surface area contributed by atoms with Crippen molar-refractivity contribution in [2.75, 3.05) is 7.11 Å². The second kappa shape index (κ2) is 9.93. The summed E-state index contributed by atoms with van der Waals surface area (Å²) in [5.41, 5.74) is 2.81. The summed E-state index contributed by atoms with van der Waals surface area (Å²) in [4.78, 5) is 39.2. The number of carbonyl (C=O) groups is 3. The lowest BCUT2D eigenvalue weighted by molar-refractivity contribution is -0.140. The molecule has 190 valence electrons. The van der Waals surface area contributed by atoms with Crippen molar-refractivity contribution in [1.29, 1.82) is 0 Å². The summed E-state index contributed by atoms with van der Waals surface area (Å²) in [5, 5.41) is 20.5. The number of hydrogen-bond acceptors (Lipinski definition) is 5. The van der Waals surface area contributed by atoms with Gasteiger partial charge in [-0.3, -0.25) is 9.59 Å². The number of hydrogen-bond donors (Lipinski definition) is 2. The van der Waals surface area contributed by atoms with Crippen molar-refractivity contribution in [3.8, 4) is 5.75 Å². The maximum absolute atomic E-state index is 13.3. The van der Waals surface area contributed by atoms with E-state index in [1.807, 2.05) is 24.3 Å². The average molecular weight is 500 g/mol. The molecular weight excluding hydrogens is 470 g/mol. The Balaban J connectivity index is 1.83. The van der Waals surface area contributed by atoms with E-state index in [2.05, 4.69) is 20.8 Å². The molecule has 7 heteroatoms. The third-order valence-corrected chi connectivity index (χ3v) is 6.53. The molecule has 1 unspecified atom stereocenters. The Morgan fingerprint density at radius 1 is 0.919 bits per heavy atom. The van der Waals surface area contributed by atoms with Crippen molar-refractivity contribution in [3.05, 3.63) is 106 Å². The van der Waals surface area contributed by atoms with Crippen LogP contribution in [0.5, 0.6) is 5.75 Å². The molecule has 1 amide bonds. The van der Waals surface area contributed by atoms with Crippen LogP contribution in [-0.2, 0) is 21.5 Å². The highest BCUT2D eigenvalue weighted by Gasteiger charge is 2.46. The van der Waals surface area contributed by atoms with E-state index in [0.29, 0.717) is 22.4 Å². The van der Waals surface area contributed by atoms with Crippen LogP contribution in [0.15, 0.2) is 78.4 Å². The number of aromatic carboxylic acids is 1. The van der Waals surface area contributed by atoms with E-state index in [1.54, 1.807) is 36.4 Å². The number of amides is 1. The molecule has 0 aliphatic carbocycles. The first kappa shape index (κ1) is 25.7. The van der Waals surface area contributed by atoms with Crippen LogP contribution in [-0.4, -0.2) is 39.9 Å². The number of aliphatic hydroxyl groups excluding tert-OH is 1. The van der Waals surface area contributed by atoms with Crippen LogP contribution >= 0.6 is 0 Å². The Morgan fingerprint density at radius 2 is 1.57 bits per heavy atom. The Kier molecular flexibility index (Phi) is 6.90. The van der Waals surface area contributed by atoms with Gasteiger partial charge in [-0.05, 0) is 46.4 Å². The molecule has 2 N–H and O–H groups in total. The van der Waals surface area contributed by atoms with Gasteiger partial charge in [-0.15, -0.1) is 0 Å². The maximum Gasteiger partial charge on any atom is 0.335 e. The van der Waals surface area contributed by atoms with Gasteiger partial charge in [0, 0.05) is 12.1 Å². The van der Waals surface area contributed by atoms with E-state index in [1.165, 1.54) is 24.1 Å². The number of carboxylic acids is 1. The van der Waals surface area contributed by atoms with E-state index >= 15 is 0 Å². The summed E-state index contributed by atoms with van der Waals surface area (Å²) in [6.45, 7) is 6.35. The van der Waals surface area contributed by atoms with Gasteiger partial charge < -0.3 is 19.8 Å². The molecule has 0 bridgehead atoms. The fourth-order valence-corrected chi connectivity index (χ4v) is 4.43. The summed E-state index contributed by atoms with van der Waals surface area (Å²) in [6.07, 6.45) is 0. The highest BCUT2D eigenvalue weighted by Crippen LogP contribution is 2.41. The van der Waals surface area contributed by atoms with Gasteiger partial charge in [0.15, 0.2) is 0 Å². The van der Waals surface area contributed by atoms with Crippen LogP contribution in [0.2, 0.25) is 0 Å². The largest absolute Gasteiger partial charge is 0.507 e. The molecule has 1 atom stereocenters. The number of likely N-dealkylation sites (tertiary alicyclic amines) is 1. The van der Waals surface area contributed by atoms with E-state index in [4.69, 9.17) is 4.74 Å². The van der Waals surface area contributed by atoms with Gasteiger partial charge in [0.1, 0.15) is 11.5 Å². The number of Topliss-reactive ketones (excluding diaryl/α,β-unsaturated/α-hetero) is 1. The number of carboxylic acid groups (broad SMARTS) is 1. The SMILES string of the molecule is COc1cccc(/C(O)=C2\C(=O)C(=O)N(Cc3ccc(C(=O)O)cc3)C2c2ccc(C(C)(C)C)cc2)c1. The summed E-state index contributed by atoms with van der Waals surface area (Å²) < 4.78 is 5.26. The minimum Gasteiger partial charge on any atom is -0.507 e. The molecule has 4 rings (SSSR count). The van der Waals surface area contributed by atoms with E-state index in [-0.39, 0.29) is 28.9 Å². The van der Waals surface area contributed by atoms with Crippen LogP contribution in [0.25, 0.3) is 5.76 Å². The van der Waals surface area contributed by atoms with Crippen molar-refractivity contribution >= 4 is 23.4 Å². The molecule has 7 nitrogen and oxygen atoms in total. The normalized spacial score (nSPS) is 17.2. The standard InChI is InChI=1S/C30H29NO6/c1-30(2,3)22-14-12-19(13-15-22)25-24(26(32)21-6-5-7-23(16-21)37-4)27(33)28(34)31(25)17-18-8-10-20(11-9-18)29(35)36/h5-16,25,32H,17H2,1-4H3,(H,35,36)/b26-24+. The fraction of sp³-hybridized carbons (Fsp3) is 0.233. The van der Waals surface area contributed by atoms with Crippen LogP contribution in [0.1, 0.15) is 59.4 Å². The first-order chi connectivity index (χ1) is 17.5. The van der Waals surface area contributed by atoms with Crippen molar-refractivity contribution in [2.45, 2.75) is 38.8 Å². The monoisotopic (exact) mass is 499 g/mol. The zero-order chi connectivity index (χ0) is 26.9. The lowest BCUT2D eigenvalue weighted by Gasteiger charge is -2.26. The molecule has 1 aliphatic rings. The Labute approximate surface area is 215 Å². The Morgan fingerprint density at radius 3 is 2.14 bits per heavy atom. The molecule has 37 heavy (non-hydrogen) atoms. The molecule has 3 aromatic rings. The number of ether oxygens (including phenoxy) is 1. The molecule has 1 fully saturated rings. The van der Waals surface area contributed by atoms with Gasteiger partial charge in [0.25, 0.3) is 11.7 Å². The highest BCUT2D eigenvalue weighted by atomic mass is 16.5. The molecule has 1 aliphatic heterocycles. The second-order valence-electron chi connectivity index (χ2n) is 10.0. The summed E-state index contributed by atoms with van der Waals surface area (Å²) >= 11 is 0. The Bertz CT molecular complexity index is 1380. The lowest BCUT2D eigenvalue weighted by atomic mass is 9.85. The van der Waals surface area contributed by atoms with E-state index in [9.17, 15) is 24.6 Å². The van der Waals surface area contributed by atoms with Crippen LogP contribution in [0, 0.1) is 0 Å². The zero-order valence-electron chi connectivity index (χ0n) is 21.2. The second-order valence-corrected chi connectivity index (χ2v) is 10.0. The number of ketones is 1. The summed E-state index contributed by atoms with van der Waals surface area (Å²) in [6, 6.07) is 19.6. The van der Waals surface area contributed by atoms with Crippen molar-refractivity contribution in [3.63, 3.8) is 0 Å². The van der Waals surface area contributed by atoms with Crippen molar-refractivity contribution in [2.24, 2.45) is 0 Å². The van der Waals surface area contributed by atoms with Crippen LogP contribution < -0.4 is 4.74 Å². The molecule has 3 aromatic carbocycles. The van der Waals surface area contributed by atoms with Gasteiger partial charge in [-0.25, -0.2) is 4.79 Å². The quantitative estimate of drug-likeness (QED) is 0.271. The predicted molar refractivity (Wildman–Crippen MR) is 139 cm³/mol. The minimum absolute atomic E-state index is 0.0103. The van der Waals surface area contributed by atoms with Gasteiger partial charge in [-0.1, -0.05) is 69.3 Å². The first-order valence-corrected chi connectivity index (χ1v) is 11.9. The first-order valence-electron chi connectivity index (χ1n) is 11.9. The van der Waals surface area contributed by atoms with Crippen molar-refractivity contribution in [1.82, 2.24) is 4.90 Å². The molecule has 0 spiro atoms. The van der Waals surface area contributed by atoms with Crippen molar-refractivity contribution < 1.29 is 29.3 Å². The molecule has 0 aromatic heterocycles. The zero-order valence-corrected chi connectivity index (χ0v) is 21.2. The molecule has 0 radical (unpaired) electrons. The number of methoxy groups -OCH3 is 1. The third kappa shape index (κ3) is 5.11. The van der Waals surface area contributed by atoms with Crippen LogP contribution in [0.3, 0.4) is 0 Å². The molecular formula is C30H29NO6. The fourth-order valence-electron chi connectivity index (χ4n) is 4.43. The van der Waals surface area contributed by atoms with Gasteiger partial charge in [0.2, 0.25) is 0 Å². The van der Waals surface area contributed by atoms with Gasteiger partial charge >= 0.3 is 5.97 Å². The van der Waals surface area contributed by atoms with Gasteiger partial charge in [-0.2, -0.15) is 0 Å². The number of carbonyl (C=O) groups excluding carboxylic acids is 2. The third-order valence-electron chi connectivity index (χ3n) is 6.53. The predicted octanol–water partition coefficient (Wildman–Crippen LogP) is 5.31. The average Bonchev–Trinajstić information content (AvgIpc) is 3.13. The van der Waals surface area contributed by atoms with E-state index < -0.39 is 23.7 Å². The molecule has 1 heterocycles.